The number of carbonyl (C=O) groups is 1. The van der Waals surface area contributed by atoms with Crippen LogP contribution in [0.5, 0.6) is 0 Å². The van der Waals surface area contributed by atoms with Gasteiger partial charge in [0.15, 0.2) is 0 Å². The predicted octanol–water partition coefficient (Wildman–Crippen LogP) is 1.54. The van der Waals surface area contributed by atoms with Gasteiger partial charge in [-0.3, -0.25) is 4.79 Å². The third-order valence-electron chi connectivity index (χ3n) is 3.85. The topological polar surface area (TPSA) is 69.6 Å². The molecule has 1 aliphatic heterocycles. The van der Waals surface area contributed by atoms with E-state index < -0.39 is 11.4 Å². The molecule has 0 spiro atoms. The van der Waals surface area contributed by atoms with E-state index in [0.717, 1.165) is 24.3 Å². The molecule has 1 unspecified atom stereocenters. The molecule has 1 fully saturated rings. The van der Waals surface area contributed by atoms with E-state index in [2.05, 4.69) is 9.97 Å². The lowest BCUT2D eigenvalue weighted by Gasteiger charge is -2.37. The Morgan fingerprint density at radius 1 is 1.50 bits per heavy atom. The zero-order chi connectivity index (χ0) is 14.9. The van der Waals surface area contributed by atoms with Crippen molar-refractivity contribution in [1.29, 1.82) is 0 Å². The molecule has 1 aliphatic rings. The van der Waals surface area contributed by atoms with Crippen molar-refractivity contribution in [1.82, 2.24) is 9.97 Å². The summed E-state index contributed by atoms with van der Waals surface area (Å²) in [4.78, 5) is 24.3. The minimum atomic E-state index is -0.748. The highest BCUT2D eigenvalue weighted by Gasteiger charge is 2.38. The van der Waals surface area contributed by atoms with Crippen LogP contribution in [0.3, 0.4) is 0 Å². The first-order valence-corrected chi connectivity index (χ1v) is 6.83. The van der Waals surface area contributed by atoms with Gasteiger partial charge in [-0.2, -0.15) is 4.98 Å². The van der Waals surface area contributed by atoms with Crippen molar-refractivity contribution in [3.8, 4) is 0 Å². The number of hydrogen-bond acceptors (Lipinski definition) is 5. The van der Waals surface area contributed by atoms with Crippen LogP contribution in [0.2, 0.25) is 0 Å². The molecule has 1 aromatic rings. The average Bonchev–Trinajstić information content (AvgIpc) is 2.38. The lowest BCUT2D eigenvalue weighted by Crippen LogP contribution is -2.46. The molecular formula is C14H22N4O2. The Labute approximate surface area is 119 Å². The highest BCUT2D eigenvalue weighted by molar-refractivity contribution is 5.75. The second-order valence-electron chi connectivity index (χ2n) is 5.96. The number of aromatic nitrogens is 2. The number of aryl methyl sites for hydroxylation is 1. The Kier molecular flexibility index (Phi) is 3.83. The summed E-state index contributed by atoms with van der Waals surface area (Å²) >= 11 is 0. The first-order valence-electron chi connectivity index (χ1n) is 6.83. The van der Waals surface area contributed by atoms with Crippen LogP contribution in [-0.4, -0.2) is 48.2 Å². The highest BCUT2D eigenvalue weighted by Crippen LogP contribution is 2.31. The highest BCUT2D eigenvalue weighted by atomic mass is 16.4. The molecule has 0 aliphatic carbocycles. The summed E-state index contributed by atoms with van der Waals surface area (Å²) in [5.41, 5.74) is 0.293. The Bertz CT molecular complexity index is 518. The fourth-order valence-electron chi connectivity index (χ4n) is 2.61. The molecule has 1 atom stereocenters. The molecule has 0 amide bonds. The van der Waals surface area contributed by atoms with Crippen LogP contribution in [0.15, 0.2) is 6.20 Å². The van der Waals surface area contributed by atoms with Gasteiger partial charge in [0.1, 0.15) is 5.82 Å². The van der Waals surface area contributed by atoms with Crippen LogP contribution in [0.25, 0.3) is 0 Å². The largest absolute Gasteiger partial charge is 0.481 e. The lowest BCUT2D eigenvalue weighted by molar-refractivity contribution is -0.148. The van der Waals surface area contributed by atoms with E-state index in [1.165, 1.54) is 0 Å². The predicted molar refractivity (Wildman–Crippen MR) is 78.3 cm³/mol. The smallest absolute Gasteiger partial charge is 0.311 e. The SMILES string of the molecule is Cc1cnc(N2CCCC(C)(C(=O)O)C2)nc1N(C)C. The van der Waals surface area contributed by atoms with Gasteiger partial charge < -0.3 is 14.9 Å². The number of anilines is 2. The first-order chi connectivity index (χ1) is 9.33. The molecular weight excluding hydrogens is 256 g/mol. The van der Waals surface area contributed by atoms with Crippen molar-refractivity contribution in [2.75, 3.05) is 37.0 Å². The fourth-order valence-corrected chi connectivity index (χ4v) is 2.61. The summed E-state index contributed by atoms with van der Waals surface area (Å²) in [7, 11) is 3.88. The third kappa shape index (κ3) is 2.69. The maximum absolute atomic E-state index is 11.4. The van der Waals surface area contributed by atoms with Crippen molar-refractivity contribution >= 4 is 17.7 Å². The second-order valence-corrected chi connectivity index (χ2v) is 5.96. The molecule has 2 rings (SSSR count). The maximum Gasteiger partial charge on any atom is 0.311 e. The minimum absolute atomic E-state index is 0.457. The van der Waals surface area contributed by atoms with Crippen LogP contribution >= 0.6 is 0 Å². The van der Waals surface area contributed by atoms with E-state index in [-0.39, 0.29) is 0 Å². The van der Waals surface area contributed by atoms with Crippen molar-refractivity contribution in [3.63, 3.8) is 0 Å². The lowest BCUT2D eigenvalue weighted by atomic mass is 9.82. The summed E-state index contributed by atoms with van der Waals surface area (Å²) in [6.07, 6.45) is 3.34. The van der Waals surface area contributed by atoms with Crippen molar-refractivity contribution in [3.05, 3.63) is 11.8 Å². The van der Waals surface area contributed by atoms with Gasteiger partial charge in [-0.1, -0.05) is 0 Å². The first kappa shape index (κ1) is 14.6. The van der Waals surface area contributed by atoms with Gasteiger partial charge in [0.2, 0.25) is 5.95 Å². The summed E-state index contributed by atoms with van der Waals surface area (Å²) in [5.74, 6) is 0.742. The van der Waals surface area contributed by atoms with Crippen LogP contribution in [-0.2, 0) is 4.79 Å². The summed E-state index contributed by atoms with van der Waals surface area (Å²) in [6, 6.07) is 0. The molecule has 0 aromatic carbocycles. The molecule has 0 saturated carbocycles. The van der Waals surface area contributed by atoms with Gasteiger partial charge in [-0.05, 0) is 26.7 Å². The molecule has 0 bridgehead atoms. The summed E-state index contributed by atoms with van der Waals surface area (Å²) in [5, 5.41) is 9.37. The zero-order valence-corrected chi connectivity index (χ0v) is 12.6. The Hall–Kier alpha value is -1.85. The van der Waals surface area contributed by atoms with E-state index in [1.807, 2.05) is 30.8 Å². The zero-order valence-electron chi connectivity index (χ0n) is 12.6. The number of hydrogen-bond donors (Lipinski definition) is 1. The van der Waals surface area contributed by atoms with E-state index in [1.54, 1.807) is 13.1 Å². The number of rotatable bonds is 3. The molecule has 1 aromatic heterocycles. The molecule has 20 heavy (non-hydrogen) atoms. The van der Waals surface area contributed by atoms with E-state index in [9.17, 15) is 9.90 Å². The number of aliphatic carboxylic acids is 1. The second kappa shape index (κ2) is 5.26. The van der Waals surface area contributed by atoms with Crippen molar-refractivity contribution < 1.29 is 9.90 Å². The van der Waals surface area contributed by atoms with Gasteiger partial charge in [0.05, 0.1) is 5.41 Å². The molecule has 6 heteroatoms. The quantitative estimate of drug-likeness (QED) is 0.904. The van der Waals surface area contributed by atoms with Crippen LogP contribution in [0.1, 0.15) is 25.3 Å². The van der Waals surface area contributed by atoms with Crippen LogP contribution in [0, 0.1) is 12.3 Å². The number of carboxylic acids is 1. The third-order valence-corrected chi connectivity index (χ3v) is 3.85. The van der Waals surface area contributed by atoms with Crippen molar-refractivity contribution in [2.24, 2.45) is 5.41 Å². The van der Waals surface area contributed by atoms with Gasteiger partial charge in [0.25, 0.3) is 0 Å². The molecule has 110 valence electrons. The Morgan fingerprint density at radius 2 is 2.20 bits per heavy atom. The normalized spacial score (nSPS) is 22.7. The maximum atomic E-state index is 11.4. The monoisotopic (exact) mass is 278 g/mol. The Balaban J connectivity index is 2.28. The van der Waals surface area contributed by atoms with Gasteiger partial charge in [0, 0.05) is 38.9 Å². The van der Waals surface area contributed by atoms with Crippen LogP contribution < -0.4 is 9.80 Å². The van der Waals surface area contributed by atoms with Crippen LogP contribution in [0.4, 0.5) is 11.8 Å². The van der Waals surface area contributed by atoms with E-state index in [4.69, 9.17) is 0 Å². The van der Waals surface area contributed by atoms with Gasteiger partial charge in [-0.25, -0.2) is 4.98 Å². The molecule has 1 saturated heterocycles. The molecule has 1 N–H and O–H groups in total. The van der Waals surface area contributed by atoms with Gasteiger partial charge >= 0.3 is 5.97 Å². The van der Waals surface area contributed by atoms with E-state index in [0.29, 0.717) is 18.9 Å². The van der Waals surface area contributed by atoms with Crippen molar-refractivity contribution in [2.45, 2.75) is 26.7 Å². The fraction of sp³-hybridized carbons (Fsp3) is 0.643. The average molecular weight is 278 g/mol. The van der Waals surface area contributed by atoms with Gasteiger partial charge in [-0.15, -0.1) is 0 Å². The summed E-state index contributed by atoms with van der Waals surface area (Å²) in [6.45, 7) is 5.02. The minimum Gasteiger partial charge on any atom is -0.481 e. The molecule has 0 radical (unpaired) electrons. The number of carboxylic acid groups (broad SMARTS) is 1. The Morgan fingerprint density at radius 3 is 2.80 bits per heavy atom. The summed E-state index contributed by atoms with van der Waals surface area (Å²) < 4.78 is 0. The standard InChI is InChI=1S/C14H22N4O2/c1-10-8-15-13(16-11(10)17(3)4)18-7-5-6-14(2,9-18)12(19)20/h8H,5-7,9H2,1-4H3,(H,19,20). The molecule has 6 nitrogen and oxygen atoms in total. The number of piperidine rings is 1. The number of nitrogens with zero attached hydrogens (tertiary/aromatic N) is 4. The molecule has 2 heterocycles. The van der Waals surface area contributed by atoms with E-state index >= 15 is 0 Å².